The van der Waals surface area contributed by atoms with E-state index in [0.717, 1.165) is 11.1 Å². The SMILES string of the molecule is Cc1csc(C(=O)Nc2cc3c(cc2F)NC(=O)CC3)c1Cl. The van der Waals surface area contributed by atoms with E-state index in [4.69, 9.17) is 11.6 Å². The van der Waals surface area contributed by atoms with Crippen LogP contribution in [0, 0.1) is 12.7 Å². The second-order valence-electron chi connectivity index (χ2n) is 5.05. The van der Waals surface area contributed by atoms with Crippen LogP contribution in [0.5, 0.6) is 0 Å². The summed E-state index contributed by atoms with van der Waals surface area (Å²) in [5, 5.41) is 7.31. The zero-order valence-electron chi connectivity index (χ0n) is 11.6. The van der Waals surface area contributed by atoms with Gasteiger partial charge >= 0.3 is 0 Å². The van der Waals surface area contributed by atoms with Crippen LogP contribution in [0.25, 0.3) is 0 Å². The van der Waals surface area contributed by atoms with Gasteiger partial charge in [-0.05, 0) is 42.0 Å². The number of rotatable bonds is 2. The number of fused-ring (bicyclic) bond motifs is 1. The molecule has 0 aliphatic carbocycles. The van der Waals surface area contributed by atoms with Gasteiger partial charge < -0.3 is 10.6 Å². The van der Waals surface area contributed by atoms with E-state index >= 15 is 0 Å². The minimum Gasteiger partial charge on any atom is -0.326 e. The van der Waals surface area contributed by atoms with Gasteiger partial charge in [0.25, 0.3) is 5.91 Å². The van der Waals surface area contributed by atoms with E-state index in [1.54, 1.807) is 18.4 Å². The van der Waals surface area contributed by atoms with E-state index in [1.807, 2.05) is 0 Å². The summed E-state index contributed by atoms with van der Waals surface area (Å²) in [4.78, 5) is 23.9. The highest BCUT2D eigenvalue weighted by Crippen LogP contribution is 2.31. The molecule has 4 nitrogen and oxygen atoms in total. The standard InChI is InChI=1S/C15H12ClFN2O2S/c1-7-6-22-14(13(7)16)15(21)19-11-4-8-2-3-12(20)18-10(8)5-9(11)17/h4-6H,2-3H2,1H3,(H,18,20)(H,19,21). The molecule has 0 unspecified atom stereocenters. The molecular weight excluding hydrogens is 327 g/mol. The van der Waals surface area contributed by atoms with Gasteiger partial charge in [0.1, 0.15) is 10.7 Å². The van der Waals surface area contributed by atoms with Crippen LogP contribution in [0.2, 0.25) is 5.02 Å². The first-order chi connectivity index (χ1) is 10.5. The Morgan fingerprint density at radius 1 is 1.41 bits per heavy atom. The van der Waals surface area contributed by atoms with E-state index < -0.39 is 11.7 Å². The molecule has 2 N–H and O–H groups in total. The number of thiophene rings is 1. The fourth-order valence-electron chi connectivity index (χ4n) is 2.26. The van der Waals surface area contributed by atoms with Crippen molar-refractivity contribution in [1.82, 2.24) is 0 Å². The highest BCUT2D eigenvalue weighted by Gasteiger charge is 2.20. The highest BCUT2D eigenvalue weighted by atomic mass is 35.5. The summed E-state index contributed by atoms with van der Waals surface area (Å²) in [6, 6.07) is 2.78. The Kier molecular flexibility index (Phi) is 3.88. The maximum Gasteiger partial charge on any atom is 0.267 e. The monoisotopic (exact) mass is 338 g/mol. The Hall–Kier alpha value is -1.92. The molecule has 0 fully saturated rings. The first-order valence-electron chi connectivity index (χ1n) is 6.63. The van der Waals surface area contributed by atoms with Crippen molar-refractivity contribution in [3.05, 3.63) is 44.4 Å². The Morgan fingerprint density at radius 3 is 2.86 bits per heavy atom. The van der Waals surface area contributed by atoms with Gasteiger partial charge in [0, 0.05) is 12.1 Å². The minimum absolute atomic E-state index is 0.0852. The van der Waals surface area contributed by atoms with Gasteiger partial charge in [0.05, 0.1) is 10.7 Å². The highest BCUT2D eigenvalue weighted by molar-refractivity contribution is 7.13. The van der Waals surface area contributed by atoms with Crippen molar-refractivity contribution in [3.8, 4) is 0 Å². The van der Waals surface area contributed by atoms with Crippen molar-refractivity contribution >= 4 is 46.1 Å². The van der Waals surface area contributed by atoms with Gasteiger partial charge in [0.2, 0.25) is 5.91 Å². The minimum atomic E-state index is -0.598. The largest absolute Gasteiger partial charge is 0.326 e. The van der Waals surface area contributed by atoms with E-state index in [1.165, 1.54) is 17.4 Å². The van der Waals surface area contributed by atoms with Crippen LogP contribution in [0.4, 0.5) is 15.8 Å². The molecule has 0 saturated carbocycles. The van der Waals surface area contributed by atoms with Crippen molar-refractivity contribution < 1.29 is 14.0 Å². The lowest BCUT2D eigenvalue weighted by Crippen LogP contribution is -2.20. The van der Waals surface area contributed by atoms with Gasteiger partial charge in [-0.1, -0.05) is 11.6 Å². The van der Waals surface area contributed by atoms with Crippen LogP contribution in [-0.2, 0) is 11.2 Å². The molecule has 22 heavy (non-hydrogen) atoms. The summed E-state index contributed by atoms with van der Waals surface area (Å²) < 4.78 is 14.1. The number of carbonyl (C=O) groups is 2. The number of hydrogen-bond donors (Lipinski definition) is 2. The third-order valence-electron chi connectivity index (χ3n) is 3.44. The van der Waals surface area contributed by atoms with E-state index in [0.29, 0.717) is 28.4 Å². The molecule has 2 amide bonds. The van der Waals surface area contributed by atoms with E-state index in [-0.39, 0.29) is 11.6 Å². The average Bonchev–Trinajstić information content (AvgIpc) is 2.80. The van der Waals surface area contributed by atoms with Gasteiger partial charge in [-0.15, -0.1) is 11.3 Å². The number of anilines is 2. The summed E-state index contributed by atoms with van der Waals surface area (Å²) in [6.45, 7) is 1.80. The molecule has 1 aliphatic heterocycles. The number of amides is 2. The molecule has 0 saturated heterocycles. The second kappa shape index (κ2) is 5.70. The van der Waals surface area contributed by atoms with Crippen LogP contribution in [0.15, 0.2) is 17.5 Å². The van der Waals surface area contributed by atoms with Crippen molar-refractivity contribution in [2.45, 2.75) is 19.8 Å². The number of hydrogen-bond acceptors (Lipinski definition) is 3. The Balaban J connectivity index is 1.88. The number of nitrogens with one attached hydrogen (secondary N) is 2. The van der Waals surface area contributed by atoms with Crippen LogP contribution >= 0.6 is 22.9 Å². The topological polar surface area (TPSA) is 58.2 Å². The molecule has 3 rings (SSSR count). The second-order valence-corrected chi connectivity index (χ2v) is 6.31. The van der Waals surface area contributed by atoms with Gasteiger partial charge in [-0.25, -0.2) is 4.39 Å². The number of aryl methyl sites for hydroxylation is 2. The molecular formula is C15H12ClFN2O2S. The Labute approximate surface area is 135 Å². The molecule has 1 aromatic carbocycles. The Morgan fingerprint density at radius 2 is 2.18 bits per heavy atom. The summed E-state index contributed by atoms with van der Waals surface area (Å²) in [7, 11) is 0. The van der Waals surface area contributed by atoms with Crippen molar-refractivity contribution in [2.24, 2.45) is 0 Å². The molecule has 1 aliphatic rings. The maximum absolute atomic E-state index is 14.1. The fourth-order valence-corrected chi connectivity index (χ4v) is 3.43. The van der Waals surface area contributed by atoms with Crippen molar-refractivity contribution in [2.75, 3.05) is 10.6 Å². The maximum atomic E-state index is 14.1. The normalized spacial score (nSPS) is 13.5. The molecule has 0 atom stereocenters. The fraction of sp³-hybridized carbons (Fsp3) is 0.200. The summed E-state index contributed by atoms with van der Waals surface area (Å²) in [6.07, 6.45) is 0.866. The van der Waals surface area contributed by atoms with Crippen LogP contribution in [0.1, 0.15) is 27.2 Å². The third kappa shape index (κ3) is 2.71. The Bertz CT molecular complexity index is 788. The predicted octanol–water partition coefficient (Wildman–Crippen LogP) is 3.99. The third-order valence-corrected chi connectivity index (χ3v) is 5.14. The lowest BCUT2D eigenvalue weighted by molar-refractivity contribution is -0.116. The van der Waals surface area contributed by atoms with Crippen LogP contribution < -0.4 is 10.6 Å². The molecule has 114 valence electrons. The first-order valence-corrected chi connectivity index (χ1v) is 7.88. The smallest absolute Gasteiger partial charge is 0.267 e. The summed E-state index contributed by atoms with van der Waals surface area (Å²) in [5.41, 5.74) is 2.15. The molecule has 2 heterocycles. The summed E-state index contributed by atoms with van der Waals surface area (Å²) in [5.74, 6) is -1.18. The molecule has 0 spiro atoms. The molecule has 7 heteroatoms. The van der Waals surface area contributed by atoms with Gasteiger partial charge in [0.15, 0.2) is 0 Å². The van der Waals surface area contributed by atoms with Crippen LogP contribution in [0.3, 0.4) is 0 Å². The lowest BCUT2D eigenvalue weighted by Gasteiger charge is -2.18. The molecule has 0 bridgehead atoms. The number of benzene rings is 1. The zero-order valence-corrected chi connectivity index (χ0v) is 13.2. The number of halogens is 2. The lowest BCUT2D eigenvalue weighted by atomic mass is 10.0. The first kappa shape index (κ1) is 15.0. The predicted molar refractivity (Wildman–Crippen MR) is 85.4 cm³/mol. The molecule has 2 aromatic rings. The molecule has 0 radical (unpaired) electrons. The van der Waals surface area contributed by atoms with Crippen molar-refractivity contribution in [3.63, 3.8) is 0 Å². The quantitative estimate of drug-likeness (QED) is 0.870. The number of carbonyl (C=O) groups excluding carboxylic acids is 2. The van der Waals surface area contributed by atoms with Crippen molar-refractivity contribution in [1.29, 1.82) is 0 Å². The van der Waals surface area contributed by atoms with Gasteiger partial charge in [-0.3, -0.25) is 9.59 Å². The van der Waals surface area contributed by atoms with Gasteiger partial charge in [-0.2, -0.15) is 0 Å². The van der Waals surface area contributed by atoms with E-state index in [2.05, 4.69) is 10.6 Å². The molecule has 1 aromatic heterocycles. The average molecular weight is 339 g/mol. The van der Waals surface area contributed by atoms with E-state index in [9.17, 15) is 14.0 Å². The summed E-state index contributed by atoms with van der Waals surface area (Å²) >= 11 is 7.26. The van der Waals surface area contributed by atoms with Crippen LogP contribution in [-0.4, -0.2) is 11.8 Å². The zero-order chi connectivity index (χ0) is 15.9.